The molecule has 1 aromatic carbocycles. The third-order valence-corrected chi connectivity index (χ3v) is 4.22. The second-order valence-electron chi connectivity index (χ2n) is 6.57. The maximum Gasteiger partial charge on any atom is 0.328 e. The highest BCUT2D eigenvalue weighted by atomic mass is 16.5. The van der Waals surface area contributed by atoms with E-state index in [1.807, 2.05) is 30.3 Å². The molecule has 2 amide bonds. The van der Waals surface area contributed by atoms with Crippen molar-refractivity contribution in [3.63, 3.8) is 0 Å². The lowest BCUT2D eigenvalue weighted by molar-refractivity contribution is -0.142. The van der Waals surface area contributed by atoms with E-state index in [0.717, 1.165) is 25.1 Å². The van der Waals surface area contributed by atoms with Crippen molar-refractivity contribution in [2.24, 2.45) is 11.8 Å². The van der Waals surface area contributed by atoms with Gasteiger partial charge in [-0.3, -0.25) is 0 Å². The third-order valence-electron chi connectivity index (χ3n) is 4.22. The number of hydrogen-bond donors (Lipinski definition) is 1. The molecule has 3 atom stereocenters. The molecule has 1 heterocycles. The highest BCUT2D eigenvalue weighted by molar-refractivity contribution is 5.83. The van der Waals surface area contributed by atoms with Gasteiger partial charge in [-0.25, -0.2) is 9.59 Å². The van der Waals surface area contributed by atoms with Crippen molar-refractivity contribution in [1.82, 2.24) is 10.2 Å². The van der Waals surface area contributed by atoms with E-state index in [2.05, 4.69) is 19.2 Å². The normalized spacial score (nSPS) is 22.3. The minimum Gasteiger partial charge on any atom is -0.467 e. The van der Waals surface area contributed by atoms with Crippen LogP contribution in [0.2, 0.25) is 0 Å². The monoisotopic (exact) mass is 318 g/mol. The molecule has 2 rings (SSSR count). The van der Waals surface area contributed by atoms with Crippen LogP contribution in [0.4, 0.5) is 4.79 Å². The number of nitrogens with one attached hydrogen (secondary N) is 1. The minimum atomic E-state index is -0.664. The highest BCUT2D eigenvalue weighted by Gasteiger charge is 2.29. The number of rotatable bonds is 4. The fourth-order valence-corrected chi connectivity index (χ4v) is 3.25. The van der Waals surface area contributed by atoms with Crippen LogP contribution in [0.3, 0.4) is 0 Å². The summed E-state index contributed by atoms with van der Waals surface area (Å²) < 4.78 is 4.84. The zero-order chi connectivity index (χ0) is 16.8. The van der Waals surface area contributed by atoms with E-state index in [0.29, 0.717) is 18.3 Å². The molecule has 1 aliphatic heterocycles. The minimum absolute atomic E-state index is 0.185. The van der Waals surface area contributed by atoms with Crippen LogP contribution in [0.25, 0.3) is 0 Å². The predicted molar refractivity (Wildman–Crippen MR) is 89.0 cm³/mol. The molecule has 126 valence electrons. The van der Waals surface area contributed by atoms with Crippen LogP contribution in [0.15, 0.2) is 30.3 Å². The molecule has 0 saturated carbocycles. The second kappa shape index (κ2) is 7.99. The molecular formula is C18H26N2O3. The zero-order valence-corrected chi connectivity index (χ0v) is 14.1. The number of nitrogens with zero attached hydrogens (tertiary/aromatic N) is 1. The molecule has 2 unspecified atom stereocenters. The smallest absolute Gasteiger partial charge is 0.328 e. The van der Waals surface area contributed by atoms with Crippen molar-refractivity contribution in [3.05, 3.63) is 35.9 Å². The summed E-state index contributed by atoms with van der Waals surface area (Å²) in [5.74, 6) is 0.547. The number of piperidine rings is 1. The second-order valence-corrected chi connectivity index (χ2v) is 6.57. The van der Waals surface area contributed by atoms with E-state index in [1.165, 1.54) is 7.11 Å². The Bertz CT molecular complexity index is 522. The van der Waals surface area contributed by atoms with E-state index in [4.69, 9.17) is 4.74 Å². The highest BCUT2D eigenvalue weighted by Crippen LogP contribution is 2.21. The van der Waals surface area contributed by atoms with Gasteiger partial charge in [0.25, 0.3) is 0 Å². The molecule has 0 bridgehead atoms. The SMILES string of the molecule is COC(=O)[C@H](Cc1ccccc1)NC(=O)N1CC(C)CC(C)C1. The van der Waals surface area contributed by atoms with Crippen LogP contribution in [0.5, 0.6) is 0 Å². The molecule has 1 N–H and O–H groups in total. The Morgan fingerprint density at radius 3 is 2.39 bits per heavy atom. The standard InChI is InChI=1S/C18H26N2O3/c1-13-9-14(2)12-20(11-13)18(22)19-16(17(21)23-3)10-15-7-5-4-6-8-15/h4-8,13-14,16H,9-12H2,1-3H3,(H,19,22)/t13?,14?,16-/m0/s1. The molecule has 1 aromatic rings. The topological polar surface area (TPSA) is 58.6 Å². The van der Waals surface area contributed by atoms with Crippen molar-refractivity contribution >= 4 is 12.0 Å². The van der Waals surface area contributed by atoms with Crippen molar-refractivity contribution in [1.29, 1.82) is 0 Å². The van der Waals surface area contributed by atoms with E-state index in [-0.39, 0.29) is 6.03 Å². The van der Waals surface area contributed by atoms with Gasteiger partial charge in [0, 0.05) is 19.5 Å². The Kier molecular flexibility index (Phi) is 6.02. The van der Waals surface area contributed by atoms with E-state index >= 15 is 0 Å². The number of urea groups is 1. The number of carbonyl (C=O) groups excluding carboxylic acids is 2. The number of likely N-dealkylation sites (tertiary alicyclic amines) is 1. The number of benzene rings is 1. The quantitative estimate of drug-likeness (QED) is 0.868. The van der Waals surface area contributed by atoms with Gasteiger partial charge in [0.05, 0.1) is 7.11 Å². The Hall–Kier alpha value is -2.04. The molecule has 1 aliphatic rings. The summed E-state index contributed by atoms with van der Waals surface area (Å²) in [7, 11) is 1.34. The average molecular weight is 318 g/mol. The van der Waals surface area contributed by atoms with Gasteiger partial charge in [0.2, 0.25) is 0 Å². The summed E-state index contributed by atoms with van der Waals surface area (Å²) in [5.41, 5.74) is 0.989. The first-order valence-electron chi connectivity index (χ1n) is 8.16. The summed E-state index contributed by atoms with van der Waals surface area (Å²) in [5, 5.41) is 2.84. The summed E-state index contributed by atoms with van der Waals surface area (Å²) in [6, 6.07) is 8.78. The number of carbonyl (C=O) groups is 2. The lowest BCUT2D eigenvalue weighted by Crippen LogP contribution is -2.52. The van der Waals surface area contributed by atoms with Gasteiger partial charge in [-0.15, -0.1) is 0 Å². The van der Waals surface area contributed by atoms with Crippen molar-refractivity contribution in [2.75, 3.05) is 20.2 Å². The maximum atomic E-state index is 12.5. The lowest BCUT2D eigenvalue weighted by atomic mass is 9.92. The Labute approximate surface area is 138 Å². The van der Waals surface area contributed by atoms with Crippen LogP contribution in [0, 0.1) is 11.8 Å². The first-order chi connectivity index (χ1) is 11.0. The first-order valence-corrected chi connectivity index (χ1v) is 8.16. The van der Waals surface area contributed by atoms with Crippen molar-refractivity contribution in [2.45, 2.75) is 32.7 Å². The van der Waals surface area contributed by atoms with E-state index in [9.17, 15) is 9.59 Å². The fourth-order valence-electron chi connectivity index (χ4n) is 3.25. The number of hydrogen-bond acceptors (Lipinski definition) is 3. The number of esters is 1. The number of ether oxygens (including phenoxy) is 1. The van der Waals surface area contributed by atoms with Gasteiger partial charge >= 0.3 is 12.0 Å². The summed E-state index contributed by atoms with van der Waals surface area (Å²) in [6.45, 7) is 5.76. The molecule has 1 saturated heterocycles. The molecule has 23 heavy (non-hydrogen) atoms. The van der Waals surface area contributed by atoms with Crippen LogP contribution in [-0.2, 0) is 16.0 Å². The van der Waals surface area contributed by atoms with Crippen LogP contribution >= 0.6 is 0 Å². The van der Waals surface area contributed by atoms with Crippen LogP contribution < -0.4 is 5.32 Å². The van der Waals surface area contributed by atoms with Gasteiger partial charge in [0.1, 0.15) is 6.04 Å². The van der Waals surface area contributed by atoms with Gasteiger partial charge < -0.3 is 15.0 Å². The Morgan fingerprint density at radius 2 is 1.83 bits per heavy atom. The van der Waals surface area contributed by atoms with Crippen LogP contribution in [0.1, 0.15) is 25.8 Å². The van der Waals surface area contributed by atoms with Gasteiger partial charge in [-0.05, 0) is 23.8 Å². The van der Waals surface area contributed by atoms with Crippen molar-refractivity contribution < 1.29 is 14.3 Å². The molecular weight excluding hydrogens is 292 g/mol. The largest absolute Gasteiger partial charge is 0.467 e. The summed E-state index contributed by atoms with van der Waals surface area (Å²) in [4.78, 5) is 26.3. The Balaban J connectivity index is 2.02. The molecule has 0 aromatic heterocycles. The Morgan fingerprint density at radius 1 is 1.22 bits per heavy atom. The number of methoxy groups -OCH3 is 1. The molecule has 5 heteroatoms. The maximum absolute atomic E-state index is 12.5. The van der Waals surface area contributed by atoms with Crippen LogP contribution in [-0.4, -0.2) is 43.1 Å². The zero-order valence-electron chi connectivity index (χ0n) is 14.1. The lowest BCUT2D eigenvalue weighted by Gasteiger charge is -2.35. The molecule has 5 nitrogen and oxygen atoms in total. The van der Waals surface area contributed by atoms with E-state index < -0.39 is 12.0 Å². The average Bonchev–Trinajstić information content (AvgIpc) is 2.53. The number of amides is 2. The molecule has 1 fully saturated rings. The third kappa shape index (κ3) is 4.98. The molecule has 0 spiro atoms. The van der Waals surface area contributed by atoms with Gasteiger partial charge in [-0.2, -0.15) is 0 Å². The molecule has 0 aliphatic carbocycles. The first kappa shape index (κ1) is 17.3. The van der Waals surface area contributed by atoms with E-state index in [1.54, 1.807) is 4.90 Å². The predicted octanol–water partition coefficient (Wildman–Crippen LogP) is 2.46. The molecule has 0 radical (unpaired) electrons. The van der Waals surface area contributed by atoms with Gasteiger partial charge in [0.15, 0.2) is 0 Å². The van der Waals surface area contributed by atoms with Gasteiger partial charge in [-0.1, -0.05) is 44.2 Å². The van der Waals surface area contributed by atoms with Crippen molar-refractivity contribution in [3.8, 4) is 0 Å². The summed E-state index contributed by atoms with van der Waals surface area (Å²) in [6.07, 6.45) is 1.56. The fraction of sp³-hybridized carbons (Fsp3) is 0.556. The summed E-state index contributed by atoms with van der Waals surface area (Å²) >= 11 is 0.